The van der Waals surface area contributed by atoms with Crippen LogP contribution in [0.1, 0.15) is 0 Å². The molecule has 12 rings (SSSR count). The Morgan fingerprint density at radius 3 is 1.69 bits per heavy atom. The molecule has 0 atom stereocenters. The van der Waals surface area contributed by atoms with Gasteiger partial charge < -0.3 is 8.83 Å². The third kappa shape index (κ3) is 3.73. The van der Waals surface area contributed by atoms with E-state index in [4.69, 9.17) is 8.83 Å². The Bertz CT molecular complexity index is 3340. The van der Waals surface area contributed by atoms with Crippen LogP contribution in [0.25, 0.3) is 120 Å². The molecule has 2 heterocycles. The SMILES string of the molecule is c1ccc(-c2ccc3c(-c4c5ccccc5c(-c5cc6cccc7oc8c9c(cc5c8c67)oc5ccccc59)c5ccccc45)cccc3c2)cc1. The minimum atomic E-state index is 0.841. The molecule has 0 saturated carbocycles. The number of benzene rings is 10. The molecule has 0 amide bonds. The largest absolute Gasteiger partial charge is 0.456 e. The van der Waals surface area contributed by atoms with Crippen LogP contribution in [0.5, 0.6) is 0 Å². The average Bonchev–Trinajstić information content (AvgIpc) is 3.78. The molecular formula is C50H28O2. The van der Waals surface area contributed by atoms with Crippen molar-refractivity contribution in [3.8, 4) is 33.4 Å². The van der Waals surface area contributed by atoms with Crippen molar-refractivity contribution in [2.24, 2.45) is 0 Å². The number of hydrogen-bond donors (Lipinski definition) is 0. The maximum Gasteiger partial charge on any atom is 0.147 e. The van der Waals surface area contributed by atoms with Crippen LogP contribution in [0.15, 0.2) is 179 Å². The summed E-state index contributed by atoms with van der Waals surface area (Å²) in [6.07, 6.45) is 0. The lowest BCUT2D eigenvalue weighted by atomic mass is 9.82. The molecule has 0 spiro atoms. The Kier molecular flexibility index (Phi) is 5.53. The molecule has 0 saturated heterocycles. The minimum Gasteiger partial charge on any atom is -0.456 e. The molecule has 0 radical (unpaired) electrons. The molecule has 0 fully saturated rings. The van der Waals surface area contributed by atoms with E-state index in [0.717, 1.165) is 43.9 Å². The van der Waals surface area contributed by atoms with E-state index in [9.17, 15) is 0 Å². The van der Waals surface area contributed by atoms with Crippen molar-refractivity contribution in [1.82, 2.24) is 0 Å². The van der Waals surface area contributed by atoms with Crippen LogP contribution in [0, 0.1) is 0 Å². The normalized spacial score (nSPS) is 12.2. The summed E-state index contributed by atoms with van der Waals surface area (Å²) in [6.45, 7) is 0. The maximum atomic E-state index is 6.75. The van der Waals surface area contributed by atoms with E-state index in [1.54, 1.807) is 0 Å². The van der Waals surface area contributed by atoms with Crippen LogP contribution in [-0.4, -0.2) is 0 Å². The molecule has 52 heavy (non-hydrogen) atoms. The van der Waals surface area contributed by atoms with Gasteiger partial charge in [-0.25, -0.2) is 0 Å². The molecule has 0 bridgehead atoms. The Labute approximate surface area is 298 Å². The zero-order valence-electron chi connectivity index (χ0n) is 28.0. The highest BCUT2D eigenvalue weighted by atomic mass is 16.3. The van der Waals surface area contributed by atoms with Gasteiger partial charge in [-0.05, 0) is 107 Å². The molecule has 0 aliphatic rings. The van der Waals surface area contributed by atoms with Crippen molar-refractivity contribution in [2.45, 2.75) is 0 Å². The monoisotopic (exact) mass is 660 g/mol. The third-order valence-electron chi connectivity index (χ3n) is 11.2. The first-order chi connectivity index (χ1) is 25.8. The molecule has 12 aromatic rings. The van der Waals surface area contributed by atoms with E-state index in [0.29, 0.717) is 0 Å². The lowest BCUT2D eigenvalue weighted by Crippen LogP contribution is -1.93. The van der Waals surface area contributed by atoms with E-state index in [-0.39, 0.29) is 0 Å². The van der Waals surface area contributed by atoms with Gasteiger partial charge in [-0.3, -0.25) is 0 Å². The van der Waals surface area contributed by atoms with Gasteiger partial charge in [-0.2, -0.15) is 0 Å². The zero-order valence-corrected chi connectivity index (χ0v) is 28.0. The summed E-state index contributed by atoms with van der Waals surface area (Å²) in [5, 5.41) is 14.1. The molecule has 2 heteroatoms. The summed E-state index contributed by atoms with van der Waals surface area (Å²) in [4.78, 5) is 0. The van der Waals surface area contributed by atoms with Gasteiger partial charge in [0.2, 0.25) is 0 Å². The second kappa shape index (κ2) is 10.3. The fourth-order valence-electron chi connectivity index (χ4n) is 9.01. The third-order valence-corrected chi connectivity index (χ3v) is 11.2. The molecule has 10 aromatic carbocycles. The van der Waals surface area contributed by atoms with Gasteiger partial charge in [0.25, 0.3) is 0 Å². The smallest absolute Gasteiger partial charge is 0.147 e. The highest BCUT2D eigenvalue weighted by Crippen LogP contribution is 2.51. The Morgan fingerprint density at radius 2 is 0.923 bits per heavy atom. The highest BCUT2D eigenvalue weighted by Gasteiger charge is 2.25. The molecule has 240 valence electrons. The molecule has 0 N–H and O–H groups in total. The predicted octanol–water partition coefficient (Wildman–Crippen LogP) is 14.5. The van der Waals surface area contributed by atoms with Crippen LogP contribution >= 0.6 is 0 Å². The number of furan rings is 2. The van der Waals surface area contributed by atoms with Gasteiger partial charge >= 0.3 is 0 Å². The summed E-state index contributed by atoms with van der Waals surface area (Å²) < 4.78 is 13.3. The van der Waals surface area contributed by atoms with Crippen molar-refractivity contribution < 1.29 is 8.83 Å². The summed E-state index contributed by atoms with van der Waals surface area (Å²) in [5.74, 6) is 0. The van der Waals surface area contributed by atoms with Crippen LogP contribution in [0.3, 0.4) is 0 Å². The lowest BCUT2D eigenvalue weighted by molar-refractivity contribution is 0.663. The molecular weight excluding hydrogens is 633 g/mol. The predicted molar refractivity (Wildman–Crippen MR) is 219 cm³/mol. The minimum absolute atomic E-state index is 0.841. The Balaban J connectivity index is 1.21. The van der Waals surface area contributed by atoms with Gasteiger partial charge in [-0.1, -0.05) is 140 Å². The van der Waals surface area contributed by atoms with Crippen LogP contribution < -0.4 is 0 Å². The van der Waals surface area contributed by atoms with Crippen molar-refractivity contribution in [3.05, 3.63) is 170 Å². The Morgan fingerprint density at radius 1 is 0.288 bits per heavy atom. The van der Waals surface area contributed by atoms with Crippen molar-refractivity contribution >= 4 is 87.0 Å². The van der Waals surface area contributed by atoms with Gasteiger partial charge in [0.15, 0.2) is 0 Å². The van der Waals surface area contributed by atoms with Crippen molar-refractivity contribution in [3.63, 3.8) is 0 Å². The molecule has 2 aromatic heterocycles. The van der Waals surface area contributed by atoms with E-state index < -0.39 is 0 Å². The average molecular weight is 661 g/mol. The van der Waals surface area contributed by atoms with Gasteiger partial charge in [0, 0.05) is 16.2 Å². The molecule has 0 unspecified atom stereocenters. The first-order valence-corrected chi connectivity index (χ1v) is 17.8. The van der Waals surface area contributed by atoms with Crippen molar-refractivity contribution in [1.29, 1.82) is 0 Å². The Hall–Kier alpha value is -6.90. The fraction of sp³-hybridized carbons (Fsp3) is 0. The van der Waals surface area contributed by atoms with Crippen LogP contribution in [0.2, 0.25) is 0 Å². The number of rotatable bonds is 3. The van der Waals surface area contributed by atoms with E-state index >= 15 is 0 Å². The second-order valence-electron chi connectivity index (χ2n) is 13.9. The summed E-state index contributed by atoms with van der Waals surface area (Å²) in [5.41, 5.74) is 10.8. The molecule has 0 aliphatic heterocycles. The number of hydrogen-bond acceptors (Lipinski definition) is 2. The van der Waals surface area contributed by atoms with Crippen LogP contribution in [-0.2, 0) is 0 Å². The lowest BCUT2D eigenvalue weighted by Gasteiger charge is -2.20. The fourth-order valence-corrected chi connectivity index (χ4v) is 9.01. The number of fused-ring (bicyclic) bond motifs is 7. The first-order valence-electron chi connectivity index (χ1n) is 17.8. The van der Waals surface area contributed by atoms with E-state index in [2.05, 4.69) is 158 Å². The summed E-state index contributed by atoms with van der Waals surface area (Å²) in [6, 6.07) is 61.4. The van der Waals surface area contributed by atoms with Gasteiger partial charge in [-0.15, -0.1) is 0 Å². The standard InChI is InChI=1S/C50H28O2/c1-2-12-29(13-3-1)30-24-25-33-31(26-30)14-10-21-34(33)46-35-16-4-6-18-37(35)47(38-19-7-5-17-36(38)46)40-27-32-15-11-23-43-45(32)49-41(40)28-44-48(50(49)52-43)39-20-8-9-22-42(39)51-44/h1-28H. The highest BCUT2D eigenvalue weighted by molar-refractivity contribution is 6.35. The maximum absolute atomic E-state index is 6.75. The zero-order chi connectivity index (χ0) is 33.9. The number of para-hydroxylation sites is 1. The topological polar surface area (TPSA) is 26.3 Å². The van der Waals surface area contributed by atoms with E-state index in [1.807, 2.05) is 12.1 Å². The molecule has 2 nitrogen and oxygen atoms in total. The van der Waals surface area contributed by atoms with Crippen molar-refractivity contribution in [2.75, 3.05) is 0 Å². The van der Waals surface area contributed by atoms with Gasteiger partial charge in [0.05, 0.1) is 5.39 Å². The first kappa shape index (κ1) is 27.9. The quantitative estimate of drug-likeness (QED) is 0.139. The molecule has 0 aliphatic carbocycles. The summed E-state index contributed by atoms with van der Waals surface area (Å²) >= 11 is 0. The van der Waals surface area contributed by atoms with Gasteiger partial charge in [0.1, 0.15) is 22.3 Å². The van der Waals surface area contributed by atoms with E-state index in [1.165, 1.54) is 76.5 Å². The van der Waals surface area contributed by atoms with Crippen LogP contribution in [0.4, 0.5) is 0 Å². The second-order valence-corrected chi connectivity index (χ2v) is 13.9. The summed E-state index contributed by atoms with van der Waals surface area (Å²) in [7, 11) is 0.